The van der Waals surface area contributed by atoms with Crippen LogP contribution in [-0.2, 0) is 4.74 Å². The Balaban J connectivity index is 1.75. The minimum Gasteiger partial charge on any atom is -0.465 e. The summed E-state index contributed by atoms with van der Waals surface area (Å²) in [6.45, 7) is 5.74. The minimum atomic E-state index is -0.459. The van der Waals surface area contributed by atoms with Crippen LogP contribution in [0.1, 0.15) is 36.7 Å². The van der Waals surface area contributed by atoms with E-state index in [0.29, 0.717) is 21.9 Å². The molecule has 1 aromatic heterocycles. The third kappa shape index (κ3) is 4.23. The highest BCUT2D eigenvalue weighted by Crippen LogP contribution is 2.33. The highest BCUT2D eigenvalue weighted by Gasteiger charge is 2.22. The maximum Gasteiger partial charge on any atom is 0.341 e. The molecule has 6 heteroatoms. The van der Waals surface area contributed by atoms with E-state index in [2.05, 4.69) is 5.32 Å². The molecule has 3 aromatic rings. The molecule has 0 saturated heterocycles. The number of thiophene rings is 1. The van der Waals surface area contributed by atoms with E-state index in [1.54, 1.807) is 24.3 Å². The summed E-state index contributed by atoms with van der Waals surface area (Å²) in [4.78, 5) is 25.6. The molecule has 1 heterocycles. The molecule has 0 fully saturated rings. The number of carbonyl (C=O) groups is 2. The molecule has 0 aliphatic rings. The fourth-order valence-electron chi connectivity index (χ4n) is 2.73. The number of ether oxygens (including phenoxy) is 2. The van der Waals surface area contributed by atoms with Crippen LogP contribution in [0.25, 0.3) is 0 Å². The first-order chi connectivity index (χ1) is 13.4. The van der Waals surface area contributed by atoms with Gasteiger partial charge in [0, 0.05) is 10.4 Å². The Kier molecular flexibility index (Phi) is 5.80. The molecule has 5 nitrogen and oxygen atoms in total. The summed E-state index contributed by atoms with van der Waals surface area (Å²) in [5.74, 6) is 0.622. The number of rotatable bonds is 5. The van der Waals surface area contributed by atoms with Crippen molar-refractivity contribution < 1.29 is 19.1 Å². The van der Waals surface area contributed by atoms with Crippen LogP contribution >= 0.6 is 11.3 Å². The molecule has 2 aromatic carbocycles. The van der Waals surface area contributed by atoms with Gasteiger partial charge in [0.25, 0.3) is 5.91 Å². The zero-order chi connectivity index (χ0) is 20.3. The maximum absolute atomic E-state index is 12.6. The second-order valence-electron chi connectivity index (χ2n) is 6.38. The molecule has 0 spiro atoms. The molecule has 0 radical (unpaired) electrons. The maximum atomic E-state index is 12.6. The van der Waals surface area contributed by atoms with Gasteiger partial charge >= 0.3 is 5.97 Å². The van der Waals surface area contributed by atoms with E-state index in [0.717, 1.165) is 21.8 Å². The lowest BCUT2D eigenvalue weighted by Gasteiger charge is -2.08. The number of methoxy groups -OCH3 is 1. The van der Waals surface area contributed by atoms with Crippen LogP contribution in [0.4, 0.5) is 5.00 Å². The first-order valence-electron chi connectivity index (χ1n) is 8.73. The number of amides is 1. The first kappa shape index (κ1) is 19.6. The first-order valence-corrected chi connectivity index (χ1v) is 9.55. The molecule has 1 amide bonds. The molecule has 28 heavy (non-hydrogen) atoms. The second kappa shape index (κ2) is 8.27. The van der Waals surface area contributed by atoms with E-state index >= 15 is 0 Å². The van der Waals surface area contributed by atoms with E-state index in [9.17, 15) is 9.59 Å². The van der Waals surface area contributed by atoms with Gasteiger partial charge in [0.1, 0.15) is 16.5 Å². The lowest BCUT2D eigenvalue weighted by atomic mass is 10.1. The largest absolute Gasteiger partial charge is 0.465 e. The van der Waals surface area contributed by atoms with Gasteiger partial charge < -0.3 is 14.8 Å². The van der Waals surface area contributed by atoms with E-state index in [-0.39, 0.29) is 5.91 Å². The predicted octanol–water partition coefficient (Wildman–Crippen LogP) is 5.50. The third-order valence-electron chi connectivity index (χ3n) is 4.34. The standard InChI is InChI=1S/C22H21NO4S/c1-13-6-5-7-18(12-13)27-17-10-8-16(9-11-17)20(24)23-21-19(22(25)26-4)14(2)15(3)28-21/h5-12H,1-4H3,(H,23,24). The molecule has 0 aliphatic carbocycles. The summed E-state index contributed by atoms with van der Waals surface area (Å²) in [6, 6.07) is 14.6. The molecule has 0 aliphatic heterocycles. The molecule has 0 saturated carbocycles. The van der Waals surface area contributed by atoms with E-state index in [1.807, 2.05) is 45.0 Å². The van der Waals surface area contributed by atoms with Crippen LogP contribution in [0.15, 0.2) is 48.5 Å². The number of benzene rings is 2. The number of hydrogen-bond donors (Lipinski definition) is 1. The molecular weight excluding hydrogens is 374 g/mol. The van der Waals surface area contributed by atoms with Crippen LogP contribution in [0, 0.1) is 20.8 Å². The molecule has 0 bridgehead atoms. The number of anilines is 1. The van der Waals surface area contributed by atoms with E-state index in [4.69, 9.17) is 9.47 Å². The van der Waals surface area contributed by atoms with Crippen molar-refractivity contribution in [3.63, 3.8) is 0 Å². The fourth-order valence-corrected chi connectivity index (χ4v) is 3.77. The topological polar surface area (TPSA) is 64.6 Å². The van der Waals surface area contributed by atoms with Gasteiger partial charge in [-0.2, -0.15) is 0 Å². The SMILES string of the molecule is COC(=O)c1c(NC(=O)c2ccc(Oc3cccc(C)c3)cc2)sc(C)c1C. The molecule has 144 valence electrons. The van der Waals surface area contributed by atoms with Crippen molar-refractivity contribution in [1.82, 2.24) is 0 Å². The zero-order valence-corrected chi connectivity index (χ0v) is 17.0. The van der Waals surface area contributed by atoms with Gasteiger partial charge in [-0.05, 0) is 68.3 Å². The molecule has 1 N–H and O–H groups in total. The fraction of sp³-hybridized carbons (Fsp3) is 0.182. The summed E-state index contributed by atoms with van der Waals surface area (Å²) in [5.41, 5.74) is 2.79. The van der Waals surface area contributed by atoms with Gasteiger partial charge in [0.2, 0.25) is 0 Å². The Morgan fingerprint density at radius 2 is 1.68 bits per heavy atom. The Labute approximate surface area is 167 Å². The summed E-state index contributed by atoms with van der Waals surface area (Å²) in [6.07, 6.45) is 0. The lowest BCUT2D eigenvalue weighted by Crippen LogP contribution is -2.14. The van der Waals surface area contributed by atoms with Crippen molar-refractivity contribution in [1.29, 1.82) is 0 Å². The zero-order valence-electron chi connectivity index (χ0n) is 16.2. The van der Waals surface area contributed by atoms with Crippen molar-refractivity contribution in [2.24, 2.45) is 0 Å². The highest BCUT2D eigenvalue weighted by atomic mass is 32.1. The average Bonchev–Trinajstić information content (AvgIpc) is 2.95. The normalized spacial score (nSPS) is 10.4. The van der Waals surface area contributed by atoms with Crippen molar-refractivity contribution in [3.05, 3.63) is 75.7 Å². The van der Waals surface area contributed by atoms with Crippen LogP contribution in [0.3, 0.4) is 0 Å². The van der Waals surface area contributed by atoms with E-state index in [1.165, 1.54) is 18.4 Å². The van der Waals surface area contributed by atoms with Crippen molar-refractivity contribution in [2.75, 3.05) is 12.4 Å². The minimum absolute atomic E-state index is 0.298. The van der Waals surface area contributed by atoms with Crippen LogP contribution in [0.2, 0.25) is 0 Å². The van der Waals surface area contributed by atoms with Gasteiger partial charge in [-0.15, -0.1) is 11.3 Å². The summed E-state index contributed by atoms with van der Waals surface area (Å²) < 4.78 is 10.6. The van der Waals surface area contributed by atoms with Crippen molar-refractivity contribution in [3.8, 4) is 11.5 Å². The molecule has 0 unspecified atom stereocenters. The Bertz CT molecular complexity index is 1020. The Morgan fingerprint density at radius 1 is 0.964 bits per heavy atom. The monoisotopic (exact) mass is 395 g/mol. The number of aryl methyl sites for hydroxylation is 2. The number of esters is 1. The summed E-state index contributed by atoms with van der Waals surface area (Å²) in [5, 5.41) is 3.31. The number of carbonyl (C=O) groups excluding carboxylic acids is 2. The van der Waals surface area contributed by atoms with E-state index < -0.39 is 5.97 Å². The second-order valence-corrected chi connectivity index (χ2v) is 7.60. The smallest absolute Gasteiger partial charge is 0.341 e. The predicted molar refractivity (Wildman–Crippen MR) is 111 cm³/mol. The quantitative estimate of drug-likeness (QED) is 0.579. The molecular formula is C22H21NO4S. The lowest BCUT2D eigenvalue weighted by molar-refractivity contribution is 0.0601. The van der Waals surface area contributed by atoms with Crippen molar-refractivity contribution >= 4 is 28.2 Å². The highest BCUT2D eigenvalue weighted by molar-refractivity contribution is 7.16. The van der Waals surface area contributed by atoms with Gasteiger partial charge in [-0.3, -0.25) is 4.79 Å². The van der Waals surface area contributed by atoms with Crippen molar-refractivity contribution in [2.45, 2.75) is 20.8 Å². The molecule has 0 atom stereocenters. The Morgan fingerprint density at radius 3 is 2.32 bits per heavy atom. The third-order valence-corrected chi connectivity index (χ3v) is 5.47. The van der Waals surface area contributed by atoms with Gasteiger partial charge in [-0.25, -0.2) is 4.79 Å². The Hall–Kier alpha value is -3.12. The van der Waals surface area contributed by atoms with Gasteiger partial charge in [0.05, 0.1) is 12.7 Å². The van der Waals surface area contributed by atoms with Gasteiger partial charge in [-0.1, -0.05) is 12.1 Å². The van der Waals surface area contributed by atoms with Gasteiger partial charge in [0.15, 0.2) is 0 Å². The number of nitrogens with one attached hydrogen (secondary N) is 1. The van der Waals surface area contributed by atoms with Crippen LogP contribution in [0.5, 0.6) is 11.5 Å². The number of hydrogen-bond acceptors (Lipinski definition) is 5. The average molecular weight is 395 g/mol. The van der Waals surface area contributed by atoms with Crippen LogP contribution in [-0.4, -0.2) is 19.0 Å². The summed E-state index contributed by atoms with van der Waals surface area (Å²) in [7, 11) is 1.33. The summed E-state index contributed by atoms with van der Waals surface area (Å²) >= 11 is 1.36. The van der Waals surface area contributed by atoms with Crippen LogP contribution < -0.4 is 10.1 Å². The molecule has 3 rings (SSSR count).